The zero-order chi connectivity index (χ0) is 15.7. The largest absolute Gasteiger partial charge is 0.465 e. The van der Waals surface area contributed by atoms with Gasteiger partial charge in [-0.25, -0.2) is 4.79 Å². The van der Waals surface area contributed by atoms with Crippen molar-refractivity contribution >= 4 is 17.4 Å². The number of rotatable bonds is 2. The van der Waals surface area contributed by atoms with E-state index in [4.69, 9.17) is 4.74 Å². The lowest BCUT2D eigenvalue weighted by Gasteiger charge is -2.32. The van der Waals surface area contributed by atoms with Gasteiger partial charge in [-0.3, -0.25) is 4.79 Å². The first-order valence-electron chi connectivity index (χ1n) is 7.58. The summed E-state index contributed by atoms with van der Waals surface area (Å²) in [6, 6.07) is 1.88. The molecule has 6 heteroatoms. The fraction of sp³-hybridized carbons (Fsp3) is 0.500. The Bertz CT molecular complexity index is 625. The van der Waals surface area contributed by atoms with Gasteiger partial charge in [0.05, 0.1) is 18.4 Å². The van der Waals surface area contributed by atoms with Crippen LogP contribution in [0.15, 0.2) is 12.1 Å². The fourth-order valence-corrected chi connectivity index (χ4v) is 3.00. The number of hydrogen-bond donors (Lipinski definition) is 1. The number of piperazine rings is 1. The van der Waals surface area contributed by atoms with E-state index in [1.54, 1.807) is 0 Å². The van der Waals surface area contributed by atoms with E-state index < -0.39 is 0 Å². The first kappa shape index (κ1) is 14.8. The average Bonchev–Trinajstić information content (AvgIpc) is 2.98. The third-order valence-corrected chi connectivity index (χ3v) is 4.36. The highest BCUT2D eigenvalue weighted by atomic mass is 16.5. The molecule has 1 N–H and O–H groups in total. The summed E-state index contributed by atoms with van der Waals surface area (Å²) in [4.78, 5) is 31.6. The number of ether oxygens (including phenoxy) is 1. The number of aryl methyl sites for hydroxylation is 1. The summed E-state index contributed by atoms with van der Waals surface area (Å²) in [6.07, 6.45) is 3.49. The number of amides is 1. The maximum absolute atomic E-state index is 12.6. The lowest BCUT2D eigenvalue weighted by atomic mass is 9.97. The van der Waals surface area contributed by atoms with Gasteiger partial charge in [0, 0.05) is 26.2 Å². The molecule has 1 aliphatic carbocycles. The van der Waals surface area contributed by atoms with Crippen LogP contribution in [0.4, 0.5) is 0 Å². The number of hydrogen-bond acceptors (Lipinski definition) is 4. The molecule has 1 aromatic rings. The molecule has 0 radical (unpaired) electrons. The molecule has 0 unspecified atom stereocenters. The molecule has 0 saturated carbocycles. The van der Waals surface area contributed by atoms with Crippen molar-refractivity contribution in [1.82, 2.24) is 14.8 Å². The Morgan fingerprint density at radius 2 is 1.95 bits per heavy atom. The molecular weight excluding hydrogens is 282 g/mol. The summed E-state index contributed by atoms with van der Waals surface area (Å²) in [6.45, 7) is 3.25. The van der Waals surface area contributed by atoms with Gasteiger partial charge in [0.1, 0.15) is 5.69 Å². The third-order valence-electron chi connectivity index (χ3n) is 4.36. The summed E-state index contributed by atoms with van der Waals surface area (Å²) in [7, 11) is 3.43. The van der Waals surface area contributed by atoms with Gasteiger partial charge in [-0.05, 0) is 31.5 Å². The summed E-state index contributed by atoms with van der Waals surface area (Å²) in [5.41, 5.74) is 2.84. The smallest absolute Gasteiger partial charge is 0.339 e. The molecule has 1 saturated heterocycles. The van der Waals surface area contributed by atoms with Crippen LogP contribution in [-0.2, 0) is 16.0 Å². The highest BCUT2D eigenvalue weighted by Crippen LogP contribution is 2.28. The van der Waals surface area contributed by atoms with Crippen LogP contribution in [0.2, 0.25) is 0 Å². The normalized spacial score (nSPS) is 18.6. The number of methoxy groups -OCH3 is 1. The number of allylic oxidation sites excluding steroid dienone is 1. The molecule has 1 amide bonds. The Morgan fingerprint density at radius 1 is 1.23 bits per heavy atom. The van der Waals surface area contributed by atoms with Crippen molar-refractivity contribution in [2.24, 2.45) is 0 Å². The maximum Gasteiger partial charge on any atom is 0.339 e. The fourth-order valence-electron chi connectivity index (χ4n) is 3.00. The van der Waals surface area contributed by atoms with E-state index in [-0.39, 0.29) is 11.9 Å². The molecule has 0 bridgehead atoms. The van der Waals surface area contributed by atoms with Gasteiger partial charge in [0.15, 0.2) is 0 Å². The van der Waals surface area contributed by atoms with E-state index in [1.807, 2.05) is 17.0 Å². The van der Waals surface area contributed by atoms with Crippen LogP contribution in [-0.4, -0.2) is 67.0 Å². The van der Waals surface area contributed by atoms with Crippen LogP contribution in [0.25, 0.3) is 5.57 Å². The number of esters is 1. The predicted octanol–water partition coefficient (Wildman–Crippen LogP) is 0.905. The number of nitrogens with zero attached hydrogens (tertiary/aromatic N) is 2. The molecule has 2 aliphatic rings. The molecule has 1 aliphatic heterocycles. The minimum Gasteiger partial charge on any atom is -0.465 e. The molecule has 0 spiro atoms. The van der Waals surface area contributed by atoms with Crippen molar-refractivity contribution in [2.45, 2.75) is 12.8 Å². The molecule has 3 rings (SSSR count). The molecule has 118 valence electrons. The van der Waals surface area contributed by atoms with Gasteiger partial charge >= 0.3 is 5.97 Å². The van der Waals surface area contributed by atoms with Gasteiger partial charge < -0.3 is 19.5 Å². The number of aromatic nitrogens is 1. The monoisotopic (exact) mass is 303 g/mol. The zero-order valence-electron chi connectivity index (χ0n) is 13.0. The second-order valence-electron chi connectivity index (χ2n) is 5.83. The second-order valence-corrected chi connectivity index (χ2v) is 5.83. The van der Waals surface area contributed by atoms with Crippen molar-refractivity contribution in [2.75, 3.05) is 40.3 Å². The second kappa shape index (κ2) is 5.96. The van der Waals surface area contributed by atoms with E-state index in [2.05, 4.69) is 16.9 Å². The van der Waals surface area contributed by atoms with E-state index in [1.165, 1.54) is 7.11 Å². The molecule has 1 aromatic heterocycles. The minimum atomic E-state index is -0.360. The highest BCUT2D eigenvalue weighted by molar-refractivity contribution is 6.17. The van der Waals surface area contributed by atoms with Gasteiger partial charge in [-0.2, -0.15) is 0 Å². The van der Waals surface area contributed by atoms with Crippen LogP contribution in [0.5, 0.6) is 0 Å². The van der Waals surface area contributed by atoms with Crippen LogP contribution >= 0.6 is 0 Å². The minimum absolute atomic E-state index is 0.00622. The van der Waals surface area contributed by atoms with Gasteiger partial charge in [-0.1, -0.05) is 6.08 Å². The number of fused-ring (bicyclic) bond motifs is 1. The Labute approximate surface area is 129 Å². The van der Waals surface area contributed by atoms with Crippen LogP contribution in [0.3, 0.4) is 0 Å². The standard InChI is InChI=1S/C16H21N3O3/c1-18-6-8-19(9-7-18)15(20)13-10-11-4-3-5-12(14(11)17-13)16(21)22-2/h5,10,17H,3-4,6-9H2,1-2H3. The summed E-state index contributed by atoms with van der Waals surface area (Å²) >= 11 is 0. The molecule has 22 heavy (non-hydrogen) atoms. The third kappa shape index (κ3) is 2.66. The van der Waals surface area contributed by atoms with Crippen LogP contribution in [0, 0.1) is 0 Å². The number of carbonyl (C=O) groups is 2. The number of carbonyl (C=O) groups excluding carboxylic acids is 2. The van der Waals surface area contributed by atoms with Crippen molar-refractivity contribution in [3.63, 3.8) is 0 Å². The summed E-state index contributed by atoms with van der Waals surface area (Å²) in [5, 5.41) is 0. The number of nitrogens with one attached hydrogen (secondary N) is 1. The van der Waals surface area contributed by atoms with Gasteiger partial charge in [0.2, 0.25) is 0 Å². The Kier molecular flexibility index (Phi) is 4.02. The predicted molar refractivity (Wildman–Crippen MR) is 82.5 cm³/mol. The van der Waals surface area contributed by atoms with E-state index in [0.717, 1.165) is 50.3 Å². The Morgan fingerprint density at radius 3 is 2.64 bits per heavy atom. The van der Waals surface area contributed by atoms with Crippen molar-refractivity contribution in [3.8, 4) is 0 Å². The molecule has 1 fully saturated rings. The number of aromatic amines is 1. The molecule has 2 heterocycles. The first-order chi connectivity index (χ1) is 10.6. The van der Waals surface area contributed by atoms with Crippen LogP contribution < -0.4 is 0 Å². The molecule has 0 atom stereocenters. The van der Waals surface area contributed by atoms with Crippen LogP contribution in [0.1, 0.15) is 28.2 Å². The topological polar surface area (TPSA) is 65.6 Å². The average molecular weight is 303 g/mol. The SMILES string of the molecule is COC(=O)C1=CCCc2cc(C(=O)N3CCN(C)CC3)[nH]c21. The Balaban J connectivity index is 1.82. The van der Waals surface area contributed by atoms with E-state index in [9.17, 15) is 9.59 Å². The lowest BCUT2D eigenvalue weighted by molar-refractivity contribution is -0.133. The number of H-pyrrole nitrogens is 1. The Hall–Kier alpha value is -2.08. The van der Waals surface area contributed by atoms with Crippen molar-refractivity contribution in [1.29, 1.82) is 0 Å². The first-order valence-corrected chi connectivity index (χ1v) is 7.58. The van der Waals surface area contributed by atoms with Crippen molar-refractivity contribution in [3.05, 3.63) is 29.1 Å². The summed E-state index contributed by atoms with van der Waals surface area (Å²) < 4.78 is 4.82. The van der Waals surface area contributed by atoms with E-state index in [0.29, 0.717) is 11.3 Å². The maximum atomic E-state index is 12.6. The molecular formula is C16H21N3O3. The molecule has 6 nitrogen and oxygen atoms in total. The highest BCUT2D eigenvalue weighted by Gasteiger charge is 2.26. The zero-order valence-corrected chi connectivity index (χ0v) is 13.0. The molecule has 0 aromatic carbocycles. The van der Waals surface area contributed by atoms with Crippen molar-refractivity contribution < 1.29 is 14.3 Å². The summed E-state index contributed by atoms with van der Waals surface area (Å²) in [5.74, 6) is -0.354. The van der Waals surface area contributed by atoms with E-state index >= 15 is 0 Å². The quantitative estimate of drug-likeness (QED) is 0.825. The lowest BCUT2D eigenvalue weighted by Crippen LogP contribution is -2.47. The number of likely N-dealkylation sites (N-methyl/N-ethyl adjacent to an activating group) is 1. The van der Waals surface area contributed by atoms with Gasteiger partial charge in [0.25, 0.3) is 5.91 Å². The van der Waals surface area contributed by atoms with Gasteiger partial charge in [-0.15, -0.1) is 0 Å².